The molecule has 0 bridgehead atoms. The predicted molar refractivity (Wildman–Crippen MR) is 45.0 cm³/mol. The number of rotatable bonds is 2. The molecule has 0 aromatic heterocycles. The van der Waals surface area contributed by atoms with Gasteiger partial charge in [-0.15, -0.1) is 0 Å². The van der Waals surface area contributed by atoms with Gasteiger partial charge in [-0.2, -0.15) is 0 Å². The summed E-state index contributed by atoms with van der Waals surface area (Å²) < 4.78 is 0. The van der Waals surface area contributed by atoms with E-state index in [-0.39, 0.29) is 0 Å². The van der Waals surface area contributed by atoms with Crippen LogP contribution >= 0.6 is 11.6 Å². The molecular formula is C9H8ClO. The lowest BCUT2D eigenvalue weighted by atomic mass is 10.1. The Labute approximate surface area is 70.9 Å². The van der Waals surface area contributed by atoms with Crippen molar-refractivity contribution in [1.82, 2.24) is 0 Å². The summed E-state index contributed by atoms with van der Waals surface area (Å²) in [6.45, 7) is 0. The highest BCUT2D eigenvalue weighted by Crippen LogP contribution is 2.10. The molecule has 0 N–H and O–H groups in total. The summed E-state index contributed by atoms with van der Waals surface area (Å²) in [6.07, 6.45) is 3.01. The average molecular weight is 168 g/mol. The van der Waals surface area contributed by atoms with Gasteiger partial charge in [0.05, 0.1) is 0 Å². The molecule has 0 aliphatic rings. The minimum absolute atomic E-state index is 0.657. The second kappa shape index (κ2) is 4.04. The van der Waals surface area contributed by atoms with Crippen molar-refractivity contribution in [2.24, 2.45) is 0 Å². The van der Waals surface area contributed by atoms with E-state index in [1.807, 2.05) is 24.3 Å². The van der Waals surface area contributed by atoms with Crippen LogP contribution in [0, 0.1) is 0 Å². The van der Waals surface area contributed by atoms with E-state index < -0.39 is 0 Å². The van der Waals surface area contributed by atoms with Gasteiger partial charge in [-0.3, -0.25) is 5.11 Å². The van der Waals surface area contributed by atoms with Crippen LogP contribution in [0.25, 0.3) is 0 Å². The van der Waals surface area contributed by atoms with Gasteiger partial charge in [0, 0.05) is 5.02 Å². The second-order valence-electron chi connectivity index (χ2n) is 2.21. The molecule has 0 aliphatic heterocycles. The fraction of sp³-hybridized carbons (Fsp3) is 0.111. The summed E-state index contributed by atoms with van der Waals surface area (Å²) in [4.78, 5) is 0. The van der Waals surface area contributed by atoms with E-state index in [4.69, 9.17) is 11.6 Å². The van der Waals surface area contributed by atoms with E-state index in [0.29, 0.717) is 11.4 Å². The van der Waals surface area contributed by atoms with Crippen LogP contribution in [0.4, 0.5) is 0 Å². The van der Waals surface area contributed by atoms with Crippen molar-refractivity contribution in [3.05, 3.63) is 47.2 Å². The maximum atomic E-state index is 9.97. The summed E-state index contributed by atoms with van der Waals surface area (Å²) in [5.41, 5.74) is 1.06. The minimum atomic E-state index is 0.657. The molecule has 0 amide bonds. The van der Waals surface area contributed by atoms with E-state index in [9.17, 15) is 5.11 Å². The fourth-order valence-electron chi connectivity index (χ4n) is 0.848. The maximum Gasteiger partial charge on any atom is 0.139 e. The zero-order chi connectivity index (χ0) is 8.10. The van der Waals surface area contributed by atoms with Crippen molar-refractivity contribution in [2.45, 2.75) is 6.42 Å². The molecule has 0 spiro atoms. The summed E-state index contributed by atoms with van der Waals surface area (Å²) in [7, 11) is 0. The third-order valence-corrected chi connectivity index (χ3v) is 1.57. The molecule has 1 radical (unpaired) electrons. The van der Waals surface area contributed by atoms with Gasteiger partial charge in [0.15, 0.2) is 0 Å². The van der Waals surface area contributed by atoms with Gasteiger partial charge in [0.2, 0.25) is 0 Å². The van der Waals surface area contributed by atoms with Crippen LogP contribution in [0.1, 0.15) is 5.56 Å². The summed E-state index contributed by atoms with van der Waals surface area (Å²) in [6, 6.07) is 7.47. The summed E-state index contributed by atoms with van der Waals surface area (Å²) in [5, 5.41) is 10.7. The number of hydrogen-bond acceptors (Lipinski definition) is 0. The van der Waals surface area contributed by atoms with Crippen LogP contribution in [-0.2, 0) is 11.5 Å². The largest absolute Gasteiger partial charge is 0.299 e. The van der Waals surface area contributed by atoms with Gasteiger partial charge in [0.25, 0.3) is 0 Å². The third-order valence-electron chi connectivity index (χ3n) is 1.34. The van der Waals surface area contributed by atoms with Crippen LogP contribution < -0.4 is 0 Å². The van der Waals surface area contributed by atoms with Crippen molar-refractivity contribution >= 4 is 11.6 Å². The Balaban J connectivity index is 2.71. The van der Waals surface area contributed by atoms with E-state index in [0.717, 1.165) is 11.8 Å². The lowest BCUT2D eigenvalue weighted by molar-refractivity contribution is 0.350. The second-order valence-corrected chi connectivity index (χ2v) is 2.64. The molecular weight excluding hydrogens is 160 g/mol. The predicted octanol–water partition coefficient (Wildman–Crippen LogP) is 2.83. The van der Waals surface area contributed by atoms with E-state index >= 15 is 0 Å². The molecule has 57 valence electrons. The van der Waals surface area contributed by atoms with E-state index in [1.54, 1.807) is 6.08 Å². The highest BCUT2D eigenvalue weighted by molar-refractivity contribution is 6.30. The topological polar surface area (TPSA) is 19.9 Å². The summed E-state index contributed by atoms with van der Waals surface area (Å²) in [5.74, 6) is 0. The Morgan fingerprint density at radius 1 is 1.45 bits per heavy atom. The molecule has 1 aromatic carbocycles. The Bertz CT molecular complexity index is 255. The minimum Gasteiger partial charge on any atom is -0.299 e. The first kappa shape index (κ1) is 8.15. The van der Waals surface area contributed by atoms with E-state index in [2.05, 4.69) is 0 Å². The molecule has 2 heteroatoms. The highest BCUT2D eigenvalue weighted by Gasteiger charge is 1.89. The molecule has 0 saturated carbocycles. The van der Waals surface area contributed by atoms with Gasteiger partial charge in [-0.1, -0.05) is 23.7 Å². The standard InChI is InChI=1S/C9H8ClO/c10-9-5-1-3-8(7-9)4-2-6-11/h1-3,5-7H,4H2. The molecule has 1 nitrogen and oxygen atoms in total. The van der Waals surface area contributed by atoms with Crippen molar-refractivity contribution in [3.8, 4) is 0 Å². The van der Waals surface area contributed by atoms with Crippen molar-refractivity contribution in [2.75, 3.05) is 0 Å². The number of halogens is 1. The Hall–Kier alpha value is -0.950. The molecule has 0 aliphatic carbocycles. The van der Waals surface area contributed by atoms with Crippen LogP contribution in [0.2, 0.25) is 5.02 Å². The first-order valence-electron chi connectivity index (χ1n) is 3.34. The molecule has 0 fully saturated rings. The highest BCUT2D eigenvalue weighted by atomic mass is 35.5. The van der Waals surface area contributed by atoms with Gasteiger partial charge >= 0.3 is 0 Å². The van der Waals surface area contributed by atoms with Crippen LogP contribution in [0.3, 0.4) is 0 Å². The Morgan fingerprint density at radius 2 is 2.27 bits per heavy atom. The van der Waals surface area contributed by atoms with Crippen LogP contribution in [-0.4, -0.2) is 0 Å². The van der Waals surface area contributed by atoms with Gasteiger partial charge in [-0.05, 0) is 30.2 Å². The molecule has 0 heterocycles. The molecule has 11 heavy (non-hydrogen) atoms. The van der Waals surface area contributed by atoms with Gasteiger partial charge in [0.1, 0.15) is 6.26 Å². The fourth-order valence-corrected chi connectivity index (χ4v) is 1.06. The zero-order valence-electron chi connectivity index (χ0n) is 5.96. The Kier molecular flexibility index (Phi) is 2.99. The molecule has 1 rings (SSSR count). The molecule has 0 atom stereocenters. The SMILES string of the molecule is [O]C=CCc1cccc(Cl)c1. The number of hydrogen-bond donors (Lipinski definition) is 0. The van der Waals surface area contributed by atoms with Crippen molar-refractivity contribution in [3.63, 3.8) is 0 Å². The van der Waals surface area contributed by atoms with E-state index in [1.165, 1.54) is 0 Å². The molecule has 0 unspecified atom stereocenters. The summed E-state index contributed by atoms with van der Waals surface area (Å²) >= 11 is 5.72. The molecule has 1 aromatic rings. The first-order chi connectivity index (χ1) is 5.33. The Morgan fingerprint density at radius 3 is 2.91 bits per heavy atom. The smallest absolute Gasteiger partial charge is 0.139 e. The third kappa shape index (κ3) is 2.64. The zero-order valence-corrected chi connectivity index (χ0v) is 6.71. The lowest BCUT2D eigenvalue weighted by Gasteiger charge is -1.94. The molecule has 0 saturated heterocycles. The van der Waals surface area contributed by atoms with Crippen molar-refractivity contribution in [1.29, 1.82) is 0 Å². The van der Waals surface area contributed by atoms with Gasteiger partial charge < -0.3 is 0 Å². The van der Waals surface area contributed by atoms with Crippen molar-refractivity contribution < 1.29 is 5.11 Å². The number of benzene rings is 1. The quantitative estimate of drug-likeness (QED) is 0.604. The van der Waals surface area contributed by atoms with Gasteiger partial charge in [-0.25, -0.2) is 0 Å². The van der Waals surface area contributed by atoms with Crippen LogP contribution in [0.5, 0.6) is 0 Å². The van der Waals surface area contributed by atoms with Crippen LogP contribution in [0.15, 0.2) is 36.6 Å². The monoisotopic (exact) mass is 167 g/mol. The lowest BCUT2D eigenvalue weighted by Crippen LogP contribution is -1.78. The normalized spacial score (nSPS) is 10.6. The maximum absolute atomic E-state index is 9.97. The number of allylic oxidation sites excluding steroid dienone is 1. The first-order valence-corrected chi connectivity index (χ1v) is 3.72. The average Bonchev–Trinajstić information content (AvgIpc) is 2.01.